The predicted molar refractivity (Wildman–Crippen MR) is 131 cm³/mol. The van der Waals surface area contributed by atoms with E-state index in [1.54, 1.807) is 6.07 Å². The number of carbonyl (C=O) groups excluding carboxylic acids is 1. The Bertz CT molecular complexity index is 1250. The fraction of sp³-hybridized carbons (Fsp3) is 0.360. The Morgan fingerprint density at radius 2 is 1.88 bits per heavy atom. The summed E-state index contributed by atoms with van der Waals surface area (Å²) in [5.41, 5.74) is 10.8. The van der Waals surface area contributed by atoms with Gasteiger partial charge >= 0.3 is 0 Å². The number of primary amides is 1. The number of fused-ring (bicyclic) bond motifs is 1. The first-order chi connectivity index (χ1) is 15.8. The number of carbonyl (C=O) groups is 1. The van der Waals surface area contributed by atoms with Gasteiger partial charge in [-0.05, 0) is 54.7 Å². The van der Waals surface area contributed by atoms with E-state index < -0.39 is 5.91 Å². The zero-order valence-corrected chi connectivity index (χ0v) is 20.1. The number of rotatable bonds is 3. The molecule has 2 aromatic heterocycles. The average molecular weight is 482 g/mol. The van der Waals surface area contributed by atoms with E-state index in [2.05, 4.69) is 46.1 Å². The van der Waals surface area contributed by atoms with Crippen LogP contribution in [0.4, 0.5) is 5.95 Å². The molecule has 1 spiro atoms. The van der Waals surface area contributed by atoms with E-state index in [-0.39, 0.29) is 21.3 Å². The van der Waals surface area contributed by atoms with Crippen LogP contribution in [0.15, 0.2) is 36.5 Å². The summed E-state index contributed by atoms with van der Waals surface area (Å²) in [5.74, 6) is 0.425. The first kappa shape index (κ1) is 22.1. The van der Waals surface area contributed by atoms with Crippen LogP contribution in [0.3, 0.4) is 0 Å². The van der Waals surface area contributed by atoms with Crippen molar-refractivity contribution >= 4 is 35.1 Å². The van der Waals surface area contributed by atoms with Gasteiger partial charge in [-0.15, -0.1) is 0 Å². The molecule has 0 unspecified atom stereocenters. The molecule has 1 aliphatic carbocycles. The second-order valence-electron chi connectivity index (χ2n) is 9.11. The highest BCUT2D eigenvalue weighted by Crippen LogP contribution is 2.53. The van der Waals surface area contributed by atoms with Crippen LogP contribution in [0.25, 0.3) is 11.1 Å². The van der Waals surface area contributed by atoms with Crippen LogP contribution in [0.2, 0.25) is 10.2 Å². The maximum atomic E-state index is 12.4. The van der Waals surface area contributed by atoms with Gasteiger partial charge in [-0.3, -0.25) is 4.79 Å². The number of benzene rings is 1. The number of aryl methyl sites for hydroxylation is 1. The Morgan fingerprint density at radius 1 is 1.15 bits per heavy atom. The molecule has 3 aromatic rings. The molecule has 0 bridgehead atoms. The summed E-state index contributed by atoms with van der Waals surface area (Å²) in [7, 11) is 0. The molecule has 2 N–H and O–H groups in total. The van der Waals surface area contributed by atoms with E-state index in [4.69, 9.17) is 33.9 Å². The second kappa shape index (κ2) is 8.26. The number of aromatic nitrogens is 3. The summed E-state index contributed by atoms with van der Waals surface area (Å²) in [6.07, 6.45) is 4.74. The smallest absolute Gasteiger partial charge is 0.268 e. The van der Waals surface area contributed by atoms with E-state index in [1.807, 2.05) is 6.92 Å². The summed E-state index contributed by atoms with van der Waals surface area (Å²) in [4.78, 5) is 27.9. The van der Waals surface area contributed by atoms with Gasteiger partial charge in [0.1, 0.15) is 10.8 Å². The van der Waals surface area contributed by atoms with Crippen molar-refractivity contribution in [1.29, 1.82) is 0 Å². The third-order valence-electron chi connectivity index (χ3n) is 7.45. The van der Waals surface area contributed by atoms with Gasteiger partial charge in [0.25, 0.3) is 5.91 Å². The number of hydrogen-bond acceptors (Lipinski definition) is 5. The monoisotopic (exact) mass is 481 g/mol. The van der Waals surface area contributed by atoms with E-state index in [0.717, 1.165) is 32.4 Å². The molecule has 8 heteroatoms. The highest BCUT2D eigenvalue weighted by atomic mass is 35.5. The number of pyridine rings is 1. The normalized spacial score (nSPS) is 19.0. The molecule has 1 amide bonds. The van der Waals surface area contributed by atoms with Crippen molar-refractivity contribution in [2.45, 2.75) is 39.0 Å². The molecular weight excluding hydrogens is 457 g/mol. The molecule has 3 heterocycles. The third-order valence-corrected chi connectivity index (χ3v) is 8.22. The summed E-state index contributed by atoms with van der Waals surface area (Å²) in [6.45, 7) is 5.85. The van der Waals surface area contributed by atoms with Crippen molar-refractivity contribution in [3.05, 3.63) is 69.2 Å². The standard InChI is InChI=1S/C25H25Cl2N5O/c1-14-17-6-4-3-5-16(17)13-25(14)8-11-32(12-9-25)24-30-15(2)19(21(31-24)23(28)33)18-7-10-29-22(27)20(18)26/h3-7,10,14H,8-9,11-13H2,1-2H3,(H2,28,33)/t14-/m1/s1. The molecule has 5 rings (SSSR count). The number of anilines is 1. The molecule has 0 radical (unpaired) electrons. The molecule has 1 atom stereocenters. The SMILES string of the molecule is Cc1nc(N2CCC3(CC2)Cc2ccccc2[C@H]3C)nc(C(N)=O)c1-c1ccnc(Cl)c1Cl. The molecular formula is C25H25Cl2N5O. The van der Waals surface area contributed by atoms with Crippen LogP contribution in [-0.4, -0.2) is 33.9 Å². The Morgan fingerprint density at radius 3 is 2.58 bits per heavy atom. The summed E-state index contributed by atoms with van der Waals surface area (Å²) in [6, 6.07) is 10.5. The Hall–Kier alpha value is -2.70. The molecule has 0 saturated carbocycles. The lowest BCUT2D eigenvalue weighted by Gasteiger charge is -2.42. The Balaban J connectivity index is 1.45. The van der Waals surface area contributed by atoms with Gasteiger partial charge in [0.05, 0.1) is 10.7 Å². The van der Waals surface area contributed by atoms with Gasteiger partial charge in [0, 0.05) is 30.4 Å². The summed E-state index contributed by atoms with van der Waals surface area (Å²) >= 11 is 12.5. The van der Waals surface area contributed by atoms with Crippen molar-refractivity contribution in [3.8, 4) is 11.1 Å². The van der Waals surface area contributed by atoms with Crippen LogP contribution in [0.1, 0.15) is 53.0 Å². The fourth-order valence-electron chi connectivity index (χ4n) is 5.55. The van der Waals surface area contributed by atoms with Crippen LogP contribution < -0.4 is 10.6 Å². The predicted octanol–water partition coefficient (Wildman–Crippen LogP) is 5.20. The molecule has 1 aromatic carbocycles. The van der Waals surface area contributed by atoms with E-state index in [0.29, 0.717) is 28.7 Å². The van der Waals surface area contributed by atoms with Crippen molar-refractivity contribution in [3.63, 3.8) is 0 Å². The lowest BCUT2D eigenvalue weighted by molar-refractivity contribution is 0.0996. The van der Waals surface area contributed by atoms with E-state index in [1.165, 1.54) is 17.3 Å². The van der Waals surface area contributed by atoms with Crippen LogP contribution in [0.5, 0.6) is 0 Å². The number of halogens is 2. The third kappa shape index (κ3) is 3.65. The highest BCUT2D eigenvalue weighted by molar-refractivity contribution is 6.43. The zero-order chi connectivity index (χ0) is 23.3. The Kier molecular flexibility index (Phi) is 5.53. The topological polar surface area (TPSA) is 85.0 Å². The molecule has 1 fully saturated rings. The average Bonchev–Trinajstić information content (AvgIpc) is 3.07. The number of nitrogens with two attached hydrogens (primary N) is 1. The second-order valence-corrected chi connectivity index (χ2v) is 9.84. The maximum Gasteiger partial charge on any atom is 0.268 e. The molecule has 170 valence electrons. The van der Waals surface area contributed by atoms with Crippen molar-refractivity contribution in [2.24, 2.45) is 11.1 Å². The van der Waals surface area contributed by atoms with E-state index >= 15 is 0 Å². The van der Waals surface area contributed by atoms with Crippen LogP contribution >= 0.6 is 23.2 Å². The summed E-state index contributed by atoms with van der Waals surface area (Å²) in [5, 5.41) is 0.400. The van der Waals surface area contributed by atoms with Gasteiger partial charge < -0.3 is 10.6 Å². The van der Waals surface area contributed by atoms with Crippen LogP contribution in [0, 0.1) is 12.3 Å². The molecule has 1 aliphatic heterocycles. The molecule has 1 saturated heterocycles. The van der Waals surface area contributed by atoms with Gasteiger partial charge in [-0.25, -0.2) is 15.0 Å². The first-order valence-electron chi connectivity index (χ1n) is 11.1. The zero-order valence-electron chi connectivity index (χ0n) is 18.6. The lowest BCUT2D eigenvalue weighted by Crippen LogP contribution is -2.42. The number of nitrogens with zero attached hydrogens (tertiary/aromatic N) is 4. The minimum atomic E-state index is -0.630. The fourth-order valence-corrected chi connectivity index (χ4v) is 5.92. The molecule has 6 nitrogen and oxygen atoms in total. The minimum Gasteiger partial charge on any atom is -0.364 e. The molecule has 33 heavy (non-hydrogen) atoms. The number of piperidine rings is 1. The highest BCUT2D eigenvalue weighted by Gasteiger charge is 2.45. The van der Waals surface area contributed by atoms with Crippen molar-refractivity contribution < 1.29 is 4.79 Å². The molecule has 2 aliphatic rings. The van der Waals surface area contributed by atoms with Gasteiger partial charge in [0.2, 0.25) is 5.95 Å². The number of hydrogen-bond donors (Lipinski definition) is 1. The number of amides is 1. The van der Waals surface area contributed by atoms with Crippen molar-refractivity contribution in [2.75, 3.05) is 18.0 Å². The van der Waals surface area contributed by atoms with Crippen LogP contribution in [-0.2, 0) is 6.42 Å². The lowest BCUT2D eigenvalue weighted by atomic mass is 9.70. The first-order valence-corrected chi connectivity index (χ1v) is 11.9. The quantitative estimate of drug-likeness (QED) is 0.519. The Labute approximate surface area is 203 Å². The largest absolute Gasteiger partial charge is 0.364 e. The maximum absolute atomic E-state index is 12.4. The summed E-state index contributed by atoms with van der Waals surface area (Å²) < 4.78 is 0. The van der Waals surface area contributed by atoms with E-state index in [9.17, 15) is 4.79 Å². The minimum absolute atomic E-state index is 0.142. The van der Waals surface area contributed by atoms with Crippen molar-refractivity contribution in [1.82, 2.24) is 15.0 Å². The van der Waals surface area contributed by atoms with Gasteiger partial charge in [-0.1, -0.05) is 54.4 Å². The van der Waals surface area contributed by atoms with Gasteiger partial charge in [-0.2, -0.15) is 0 Å². The van der Waals surface area contributed by atoms with Gasteiger partial charge in [0.15, 0.2) is 0 Å².